The van der Waals surface area contributed by atoms with Crippen LogP contribution < -0.4 is 0 Å². The van der Waals surface area contributed by atoms with Gasteiger partial charge < -0.3 is 9.47 Å². The molecule has 5 nitrogen and oxygen atoms in total. The molecule has 1 heterocycles. The first kappa shape index (κ1) is 13.1. The number of imide groups is 1. The Kier molecular flexibility index (Phi) is 5.42. The van der Waals surface area contributed by atoms with Crippen LogP contribution >= 0.6 is 0 Å². The molecule has 1 aliphatic rings. The Labute approximate surface area is 95.7 Å². The lowest BCUT2D eigenvalue weighted by Crippen LogP contribution is -2.33. The fourth-order valence-corrected chi connectivity index (χ4v) is 1.69. The van der Waals surface area contributed by atoms with Gasteiger partial charge in [-0.25, -0.2) is 0 Å². The van der Waals surface area contributed by atoms with Crippen LogP contribution in [0.4, 0.5) is 0 Å². The summed E-state index contributed by atoms with van der Waals surface area (Å²) in [6.45, 7) is 5.29. The lowest BCUT2D eigenvalue weighted by Gasteiger charge is -2.20. The van der Waals surface area contributed by atoms with Crippen LogP contribution in [0, 0.1) is 0 Å². The normalized spacial score (nSPS) is 16.6. The van der Waals surface area contributed by atoms with Crippen molar-refractivity contribution in [1.82, 2.24) is 4.90 Å². The Balaban J connectivity index is 2.35. The monoisotopic (exact) mass is 229 g/mol. The molecular weight excluding hydrogens is 210 g/mol. The zero-order valence-electron chi connectivity index (χ0n) is 9.90. The molecule has 1 saturated heterocycles. The van der Waals surface area contributed by atoms with E-state index in [0.29, 0.717) is 39.0 Å². The molecule has 0 aliphatic carbocycles. The number of ether oxygens (including phenoxy) is 2. The van der Waals surface area contributed by atoms with Crippen LogP contribution in [0.2, 0.25) is 0 Å². The second-order valence-electron chi connectivity index (χ2n) is 3.57. The summed E-state index contributed by atoms with van der Waals surface area (Å²) in [6.07, 6.45) is 0.898. The molecule has 16 heavy (non-hydrogen) atoms. The van der Waals surface area contributed by atoms with E-state index in [4.69, 9.17) is 9.47 Å². The summed E-state index contributed by atoms with van der Waals surface area (Å²) >= 11 is 0. The molecule has 0 aromatic carbocycles. The molecule has 0 radical (unpaired) electrons. The van der Waals surface area contributed by atoms with Gasteiger partial charge in [0, 0.05) is 39.0 Å². The third-order valence-corrected chi connectivity index (χ3v) is 2.45. The van der Waals surface area contributed by atoms with Crippen molar-refractivity contribution < 1.29 is 19.1 Å². The Hall–Kier alpha value is -0.940. The molecule has 0 aromatic heterocycles. The summed E-state index contributed by atoms with van der Waals surface area (Å²) < 4.78 is 10.7. The summed E-state index contributed by atoms with van der Waals surface area (Å²) in [5, 5.41) is 0. The number of amides is 2. The molecule has 1 aliphatic heterocycles. The topological polar surface area (TPSA) is 55.8 Å². The van der Waals surface area contributed by atoms with Gasteiger partial charge in [0.2, 0.25) is 11.8 Å². The van der Waals surface area contributed by atoms with Crippen LogP contribution in [-0.2, 0) is 19.1 Å². The highest BCUT2D eigenvalue weighted by Crippen LogP contribution is 2.13. The first-order chi connectivity index (χ1) is 7.69. The molecule has 0 bridgehead atoms. The highest BCUT2D eigenvalue weighted by molar-refractivity contribution is 6.01. The van der Waals surface area contributed by atoms with Gasteiger partial charge in [0.25, 0.3) is 0 Å². The summed E-state index contributed by atoms with van der Waals surface area (Å²) in [7, 11) is 0. The van der Waals surface area contributed by atoms with E-state index in [-0.39, 0.29) is 18.1 Å². The zero-order chi connectivity index (χ0) is 12.0. The van der Waals surface area contributed by atoms with Gasteiger partial charge in [0.1, 0.15) is 0 Å². The molecular formula is C11H19NO4. The average Bonchev–Trinajstić information content (AvgIpc) is 2.56. The Bertz CT molecular complexity index is 232. The number of rotatable bonds is 7. The van der Waals surface area contributed by atoms with Crippen molar-refractivity contribution in [1.29, 1.82) is 0 Å². The van der Waals surface area contributed by atoms with Gasteiger partial charge in [-0.15, -0.1) is 0 Å². The Morgan fingerprint density at radius 3 is 2.06 bits per heavy atom. The summed E-state index contributed by atoms with van der Waals surface area (Å²) in [4.78, 5) is 24.0. The number of carbonyl (C=O) groups is 2. The fourth-order valence-electron chi connectivity index (χ4n) is 1.69. The maximum atomic E-state index is 11.3. The molecule has 0 N–H and O–H groups in total. The van der Waals surface area contributed by atoms with Gasteiger partial charge >= 0.3 is 0 Å². The van der Waals surface area contributed by atoms with Crippen LogP contribution in [0.1, 0.15) is 33.1 Å². The molecule has 0 saturated carbocycles. The molecule has 1 fully saturated rings. The van der Waals surface area contributed by atoms with Gasteiger partial charge in [0.15, 0.2) is 6.29 Å². The number of hydrogen-bond acceptors (Lipinski definition) is 4. The highest BCUT2D eigenvalue weighted by Gasteiger charge is 2.29. The predicted octanol–water partition coefficient (Wildman–Crippen LogP) is 0.925. The van der Waals surface area contributed by atoms with Crippen molar-refractivity contribution in [2.45, 2.75) is 39.4 Å². The minimum absolute atomic E-state index is 0.0863. The van der Waals surface area contributed by atoms with Crippen LogP contribution in [-0.4, -0.2) is 42.8 Å². The first-order valence-electron chi connectivity index (χ1n) is 5.75. The van der Waals surface area contributed by atoms with Crippen molar-refractivity contribution in [3.05, 3.63) is 0 Å². The molecule has 5 heteroatoms. The lowest BCUT2D eigenvalue weighted by molar-refractivity contribution is -0.149. The third-order valence-electron chi connectivity index (χ3n) is 2.45. The third kappa shape index (κ3) is 3.57. The van der Waals surface area contributed by atoms with E-state index in [2.05, 4.69) is 0 Å². The smallest absolute Gasteiger partial charge is 0.229 e. The Morgan fingerprint density at radius 2 is 1.62 bits per heavy atom. The molecule has 0 spiro atoms. The van der Waals surface area contributed by atoms with E-state index in [1.165, 1.54) is 4.90 Å². The summed E-state index contributed by atoms with van der Waals surface area (Å²) in [5.41, 5.74) is 0. The number of hydrogen-bond donors (Lipinski definition) is 0. The quantitative estimate of drug-likeness (QED) is 0.481. The van der Waals surface area contributed by atoms with Crippen molar-refractivity contribution in [2.75, 3.05) is 19.8 Å². The lowest BCUT2D eigenvalue weighted by atomic mass is 10.3. The van der Waals surface area contributed by atoms with Crippen LogP contribution in [0.3, 0.4) is 0 Å². The summed E-state index contributed by atoms with van der Waals surface area (Å²) in [5.74, 6) is -0.173. The molecule has 0 unspecified atom stereocenters. The standard InChI is InChI=1S/C11H19NO4/c1-3-15-11(16-4-2)7-8-12-9(13)5-6-10(12)14/h11H,3-8H2,1-2H3. The van der Waals surface area contributed by atoms with E-state index in [0.717, 1.165) is 0 Å². The second-order valence-corrected chi connectivity index (χ2v) is 3.57. The first-order valence-corrected chi connectivity index (χ1v) is 5.75. The van der Waals surface area contributed by atoms with Gasteiger partial charge in [-0.3, -0.25) is 14.5 Å². The number of carbonyl (C=O) groups excluding carboxylic acids is 2. The summed E-state index contributed by atoms with van der Waals surface area (Å²) in [6, 6.07) is 0. The predicted molar refractivity (Wildman–Crippen MR) is 57.6 cm³/mol. The molecule has 0 atom stereocenters. The van der Waals surface area contributed by atoms with Crippen LogP contribution in [0.15, 0.2) is 0 Å². The molecule has 92 valence electrons. The van der Waals surface area contributed by atoms with Crippen molar-refractivity contribution in [2.24, 2.45) is 0 Å². The fraction of sp³-hybridized carbons (Fsp3) is 0.818. The SMILES string of the molecule is CCOC(CCN1C(=O)CCC1=O)OCC. The van der Waals surface area contributed by atoms with Gasteiger partial charge in [-0.2, -0.15) is 0 Å². The van der Waals surface area contributed by atoms with Gasteiger partial charge in [0.05, 0.1) is 0 Å². The maximum absolute atomic E-state index is 11.3. The van der Waals surface area contributed by atoms with Crippen LogP contribution in [0.5, 0.6) is 0 Å². The number of likely N-dealkylation sites (tertiary alicyclic amines) is 1. The van der Waals surface area contributed by atoms with E-state index >= 15 is 0 Å². The van der Waals surface area contributed by atoms with E-state index in [9.17, 15) is 9.59 Å². The van der Waals surface area contributed by atoms with Gasteiger partial charge in [-0.1, -0.05) is 0 Å². The van der Waals surface area contributed by atoms with Crippen LogP contribution in [0.25, 0.3) is 0 Å². The molecule has 2 amide bonds. The largest absolute Gasteiger partial charge is 0.353 e. The van der Waals surface area contributed by atoms with E-state index in [1.807, 2.05) is 13.8 Å². The Morgan fingerprint density at radius 1 is 1.12 bits per heavy atom. The maximum Gasteiger partial charge on any atom is 0.229 e. The highest BCUT2D eigenvalue weighted by atomic mass is 16.7. The van der Waals surface area contributed by atoms with E-state index < -0.39 is 0 Å². The molecule has 1 rings (SSSR count). The minimum atomic E-state index is -0.323. The average molecular weight is 229 g/mol. The van der Waals surface area contributed by atoms with Gasteiger partial charge in [-0.05, 0) is 13.8 Å². The second kappa shape index (κ2) is 6.60. The minimum Gasteiger partial charge on any atom is -0.353 e. The molecule has 0 aromatic rings. The van der Waals surface area contributed by atoms with Crippen molar-refractivity contribution in [3.63, 3.8) is 0 Å². The van der Waals surface area contributed by atoms with E-state index in [1.54, 1.807) is 0 Å². The van der Waals surface area contributed by atoms with Crippen molar-refractivity contribution >= 4 is 11.8 Å². The van der Waals surface area contributed by atoms with Crippen molar-refractivity contribution in [3.8, 4) is 0 Å². The zero-order valence-corrected chi connectivity index (χ0v) is 9.90. The number of nitrogens with zero attached hydrogens (tertiary/aromatic N) is 1.